The highest BCUT2D eigenvalue weighted by atomic mass is 32.1. The van der Waals surface area contributed by atoms with Gasteiger partial charge in [-0.05, 0) is 40.5 Å². The van der Waals surface area contributed by atoms with Crippen molar-refractivity contribution in [2.75, 3.05) is 0 Å². The molecule has 0 aliphatic carbocycles. The zero-order valence-electron chi connectivity index (χ0n) is 23.2. The minimum atomic E-state index is 0.655. The number of fused-ring (bicyclic) bond motifs is 3. The normalized spacial score (nSPS) is 11.3. The van der Waals surface area contributed by atoms with E-state index >= 15 is 0 Å². The van der Waals surface area contributed by atoms with Crippen molar-refractivity contribution in [2.45, 2.75) is 0 Å². The van der Waals surface area contributed by atoms with E-state index in [1.54, 1.807) is 11.3 Å². The lowest BCUT2D eigenvalue weighted by Crippen LogP contribution is -2.00. The summed E-state index contributed by atoms with van der Waals surface area (Å²) in [5, 5.41) is 2.46. The third-order valence-electron chi connectivity index (χ3n) is 7.74. The summed E-state index contributed by atoms with van der Waals surface area (Å²) in [6.07, 6.45) is 0. The van der Waals surface area contributed by atoms with Crippen LogP contribution in [0.5, 0.6) is 0 Å². The number of rotatable bonds is 5. The minimum Gasteiger partial charge on any atom is -0.208 e. The van der Waals surface area contributed by atoms with Gasteiger partial charge < -0.3 is 0 Å². The van der Waals surface area contributed by atoms with E-state index in [0.29, 0.717) is 17.5 Å². The molecular weight excluding hydrogens is 543 g/mol. The van der Waals surface area contributed by atoms with Crippen LogP contribution in [-0.2, 0) is 0 Å². The molecule has 0 bridgehead atoms. The molecule has 43 heavy (non-hydrogen) atoms. The van der Waals surface area contributed by atoms with Gasteiger partial charge in [-0.25, -0.2) is 15.0 Å². The number of aromatic nitrogens is 3. The first-order valence-electron chi connectivity index (χ1n) is 14.3. The molecule has 202 valence electrons. The van der Waals surface area contributed by atoms with Crippen LogP contribution in [0.25, 0.3) is 76.6 Å². The van der Waals surface area contributed by atoms with Crippen LogP contribution < -0.4 is 0 Å². The first-order valence-corrected chi connectivity index (χ1v) is 15.1. The van der Waals surface area contributed by atoms with E-state index in [9.17, 15) is 0 Å². The largest absolute Gasteiger partial charge is 0.208 e. The van der Waals surface area contributed by atoms with Crippen LogP contribution in [0.3, 0.4) is 0 Å². The van der Waals surface area contributed by atoms with Crippen molar-refractivity contribution in [3.63, 3.8) is 0 Å². The molecule has 0 saturated heterocycles. The topological polar surface area (TPSA) is 38.7 Å². The van der Waals surface area contributed by atoms with Crippen molar-refractivity contribution in [2.24, 2.45) is 0 Å². The molecule has 0 amide bonds. The molecule has 0 aliphatic heterocycles. The van der Waals surface area contributed by atoms with Crippen molar-refractivity contribution < 1.29 is 0 Å². The highest BCUT2D eigenvalue weighted by Gasteiger charge is 2.18. The van der Waals surface area contributed by atoms with Gasteiger partial charge in [0, 0.05) is 36.9 Å². The summed E-state index contributed by atoms with van der Waals surface area (Å²) in [6, 6.07) is 52.7. The summed E-state index contributed by atoms with van der Waals surface area (Å²) in [7, 11) is 0. The quantitative estimate of drug-likeness (QED) is 0.208. The van der Waals surface area contributed by atoms with Crippen molar-refractivity contribution in [1.82, 2.24) is 15.0 Å². The number of hydrogen-bond donors (Lipinski definition) is 0. The van der Waals surface area contributed by atoms with E-state index in [1.807, 2.05) is 24.3 Å². The Kier molecular flexibility index (Phi) is 6.32. The van der Waals surface area contributed by atoms with E-state index in [4.69, 9.17) is 15.0 Å². The highest BCUT2D eigenvalue weighted by molar-refractivity contribution is 7.26. The molecule has 8 rings (SSSR count). The van der Waals surface area contributed by atoms with E-state index in [0.717, 1.165) is 33.4 Å². The second kappa shape index (κ2) is 10.8. The zero-order chi connectivity index (χ0) is 28.6. The third-order valence-corrected chi connectivity index (χ3v) is 8.96. The second-order valence-electron chi connectivity index (χ2n) is 10.5. The molecule has 0 unspecified atom stereocenters. The lowest BCUT2D eigenvalue weighted by Gasteiger charge is -2.11. The number of thiophene rings is 1. The van der Waals surface area contributed by atoms with Gasteiger partial charge in [-0.1, -0.05) is 133 Å². The maximum absolute atomic E-state index is 5.14. The van der Waals surface area contributed by atoms with Gasteiger partial charge in [0.2, 0.25) is 0 Å². The van der Waals surface area contributed by atoms with E-state index < -0.39 is 0 Å². The Morgan fingerprint density at radius 3 is 1.47 bits per heavy atom. The monoisotopic (exact) mass is 567 g/mol. The molecule has 0 atom stereocenters. The average Bonchev–Trinajstić information content (AvgIpc) is 3.48. The van der Waals surface area contributed by atoms with Crippen LogP contribution in [0.4, 0.5) is 0 Å². The molecule has 0 fully saturated rings. The molecule has 6 aromatic carbocycles. The Hall–Kier alpha value is -5.45. The van der Waals surface area contributed by atoms with Crippen molar-refractivity contribution in [3.8, 4) is 56.4 Å². The Morgan fingerprint density at radius 1 is 0.349 bits per heavy atom. The van der Waals surface area contributed by atoms with Gasteiger partial charge in [0.1, 0.15) is 0 Å². The summed E-state index contributed by atoms with van der Waals surface area (Å²) >= 11 is 1.79. The molecule has 0 spiro atoms. The van der Waals surface area contributed by atoms with Gasteiger partial charge in [0.25, 0.3) is 0 Å². The lowest BCUT2D eigenvalue weighted by atomic mass is 9.99. The molecule has 4 heteroatoms. The summed E-state index contributed by atoms with van der Waals surface area (Å²) in [6.45, 7) is 0. The first kappa shape index (κ1) is 25.3. The minimum absolute atomic E-state index is 0.655. The zero-order valence-corrected chi connectivity index (χ0v) is 24.0. The molecular formula is C39H25N3S. The number of benzene rings is 6. The van der Waals surface area contributed by atoms with Gasteiger partial charge >= 0.3 is 0 Å². The van der Waals surface area contributed by atoms with Crippen molar-refractivity contribution in [3.05, 3.63) is 152 Å². The van der Waals surface area contributed by atoms with Crippen LogP contribution in [0.1, 0.15) is 0 Å². The molecule has 2 heterocycles. The lowest BCUT2D eigenvalue weighted by molar-refractivity contribution is 1.08. The Bertz CT molecular complexity index is 2210. The fourth-order valence-corrected chi connectivity index (χ4v) is 6.77. The highest BCUT2D eigenvalue weighted by Crippen LogP contribution is 2.42. The molecule has 0 aliphatic rings. The van der Waals surface area contributed by atoms with E-state index in [1.165, 1.54) is 25.7 Å². The van der Waals surface area contributed by atoms with Gasteiger partial charge in [-0.15, -0.1) is 11.3 Å². The maximum Gasteiger partial charge on any atom is 0.165 e. The smallest absolute Gasteiger partial charge is 0.165 e. The van der Waals surface area contributed by atoms with E-state index in [2.05, 4.69) is 127 Å². The second-order valence-corrected chi connectivity index (χ2v) is 11.5. The van der Waals surface area contributed by atoms with Crippen LogP contribution in [0.15, 0.2) is 152 Å². The predicted molar refractivity (Wildman–Crippen MR) is 180 cm³/mol. The summed E-state index contributed by atoms with van der Waals surface area (Å²) in [5.41, 5.74) is 7.56. The maximum atomic E-state index is 5.14. The summed E-state index contributed by atoms with van der Waals surface area (Å²) in [5.74, 6) is 1.99. The Morgan fingerprint density at radius 2 is 0.814 bits per heavy atom. The van der Waals surface area contributed by atoms with Gasteiger partial charge in [-0.3, -0.25) is 0 Å². The first-order chi connectivity index (χ1) is 21.3. The van der Waals surface area contributed by atoms with Crippen molar-refractivity contribution >= 4 is 31.5 Å². The van der Waals surface area contributed by atoms with Crippen LogP contribution in [0.2, 0.25) is 0 Å². The predicted octanol–water partition coefficient (Wildman–Crippen LogP) is 10.6. The Balaban J connectivity index is 1.36. The third kappa shape index (κ3) is 4.78. The van der Waals surface area contributed by atoms with E-state index in [-0.39, 0.29) is 0 Å². The molecule has 0 N–H and O–H groups in total. The Labute approximate surface area is 253 Å². The van der Waals surface area contributed by atoms with Crippen LogP contribution in [0, 0.1) is 0 Å². The molecule has 0 radical (unpaired) electrons. The number of nitrogens with zero attached hydrogens (tertiary/aromatic N) is 3. The molecule has 8 aromatic rings. The SMILES string of the molecule is c1ccc(-c2ccc(-c3nc(-c4ccccc4)nc(-c4cc(-c5ccccc5)cc5c4sc4ccccc45)n3)cc2)cc1. The number of hydrogen-bond acceptors (Lipinski definition) is 4. The summed E-state index contributed by atoms with van der Waals surface area (Å²) < 4.78 is 2.43. The van der Waals surface area contributed by atoms with Crippen LogP contribution >= 0.6 is 11.3 Å². The summed E-state index contributed by atoms with van der Waals surface area (Å²) in [4.78, 5) is 15.2. The van der Waals surface area contributed by atoms with Crippen molar-refractivity contribution in [1.29, 1.82) is 0 Å². The molecule has 3 nitrogen and oxygen atoms in total. The fraction of sp³-hybridized carbons (Fsp3) is 0. The fourth-order valence-electron chi connectivity index (χ4n) is 5.57. The van der Waals surface area contributed by atoms with Crippen LogP contribution in [-0.4, -0.2) is 15.0 Å². The van der Waals surface area contributed by atoms with Gasteiger partial charge in [-0.2, -0.15) is 0 Å². The molecule has 2 aromatic heterocycles. The van der Waals surface area contributed by atoms with Gasteiger partial charge in [0.15, 0.2) is 17.5 Å². The van der Waals surface area contributed by atoms with Gasteiger partial charge in [0.05, 0.1) is 0 Å². The molecule has 0 saturated carbocycles. The average molecular weight is 568 g/mol. The standard InChI is InChI=1S/C39H25N3S/c1-4-12-26(13-5-1)28-20-22-30(23-21-28)38-40-37(29-16-8-3-9-17-29)41-39(42-38)34-25-31(27-14-6-2-7-15-27)24-33-32-18-10-11-19-35(32)43-36(33)34/h1-25H.